The van der Waals surface area contributed by atoms with E-state index in [1.165, 1.54) is 0 Å². The number of piperidine rings is 1. The van der Waals surface area contributed by atoms with Gasteiger partial charge in [0.15, 0.2) is 5.69 Å². The number of carbonyl (C=O) groups excluding carboxylic acids is 2. The van der Waals surface area contributed by atoms with Gasteiger partial charge >= 0.3 is 0 Å². The van der Waals surface area contributed by atoms with Crippen LogP contribution in [0.4, 0.5) is 5.69 Å². The highest BCUT2D eigenvalue weighted by Gasteiger charge is 2.23. The second-order valence-corrected chi connectivity index (χ2v) is 6.96. The lowest BCUT2D eigenvalue weighted by molar-refractivity contribution is 0.0772. The van der Waals surface area contributed by atoms with Crippen molar-refractivity contribution < 1.29 is 9.59 Å². The summed E-state index contributed by atoms with van der Waals surface area (Å²) in [5.74, 6) is -0.362. The van der Waals surface area contributed by atoms with E-state index in [9.17, 15) is 9.59 Å². The molecule has 3 rings (SSSR count). The summed E-state index contributed by atoms with van der Waals surface area (Å²) < 4.78 is 1.86. The summed E-state index contributed by atoms with van der Waals surface area (Å²) in [6.45, 7) is 8.94. The SMILES string of the molecule is CCN(CC)C(=O)c1cccc(NC(=O)c2nnn(C3CCNCC3)c2C)c1.Cl. The molecule has 0 atom stereocenters. The molecule has 2 amide bonds. The normalized spacial score (nSPS) is 14.2. The molecule has 0 radical (unpaired) electrons. The molecule has 1 aromatic carbocycles. The molecular weight excluding hydrogens is 392 g/mol. The number of rotatable bonds is 6. The zero-order valence-electron chi connectivity index (χ0n) is 17.1. The smallest absolute Gasteiger partial charge is 0.278 e. The molecule has 1 aromatic heterocycles. The molecule has 158 valence electrons. The molecule has 1 aliphatic rings. The first kappa shape index (κ1) is 22.8. The van der Waals surface area contributed by atoms with Crippen LogP contribution in [0.25, 0.3) is 0 Å². The standard InChI is InChI=1S/C20H28N6O2.ClH/c1-4-25(5-2)20(28)15-7-6-8-16(13-15)22-19(27)18-14(3)26(24-23-18)17-9-11-21-12-10-17;/h6-8,13,17,21H,4-5,9-12H2,1-3H3,(H,22,27);1H. The fraction of sp³-hybridized carbons (Fsp3) is 0.500. The van der Waals surface area contributed by atoms with Gasteiger partial charge < -0.3 is 15.5 Å². The molecule has 2 N–H and O–H groups in total. The molecule has 1 fully saturated rings. The van der Waals surface area contributed by atoms with Gasteiger partial charge in [-0.15, -0.1) is 17.5 Å². The van der Waals surface area contributed by atoms with Crippen molar-refractivity contribution in [3.05, 3.63) is 41.2 Å². The second-order valence-electron chi connectivity index (χ2n) is 6.96. The fourth-order valence-corrected chi connectivity index (χ4v) is 3.56. The topological polar surface area (TPSA) is 92.2 Å². The minimum atomic E-state index is -0.315. The molecule has 9 heteroatoms. The van der Waals surface area contributed by atoms with E-state index >= 15 is 0 Å². The molecule has 8 nitrogen and oxygen atoms in total. The number of nitrogens with zero attached hydrogens (tertiary/aromatic N) is 4. The van der Waals surface area contributed by atoms with Crippen molar-refractivity contribution in [1.29, 1.82) is 0 Å². The van der Waals surface area contributed by atoms with Crippen LogP contribution in [0.3, 0.4) is 0 Å². The lowest BCUT2D eigenvalue weighted by Gasteiger charge is -2.23. The molecule has 2 aromatic rings. The van der Waals surface area contributed by atoms with Crippen LogP contribution in [0.15, 0.2) is 24.3 Å². The Morgan fingerprint density at radius 3 is 2.59 bits per heavy atom. The Hall–Kier alpha value is -2.45. The second kappa shape index (κ2) is 10.4. The summed E-state index contributed by atoms with van der Waals surface area (Å²) >= 11 is 0. The molecule has 2 heterocycles. The highest BCUT2D eigenvalue weighted by molar-refractivity contribution is 6.04. The average Bonchev–Trinajstić information content (AvgIpc) is 3.11. The van der Waals surface area contributed by atoms with Gasteiger partial charge in [-0.25, -0.2) is 4.68 Å². The molecule has 0 saturated carbocycles. The maximum absolute atomic E-state index is 12.7. The number of hydrogen-bond acceptors (Lipinski definition) is 5. The van der Waals surface area contributed by atoms with E-state index in [1.54, 1.807) is 29.2 Å². The van der Waals surface area contributed by atoms with E-state index in [2.05, 4.69) is 20.9 Å². The Labute approximate surface area is 177 Å². The quantitative estimate of drug-likeness (QED) is 0.749. The summed E-state index contributed by atoms with van der Waals surface area (Å²) in [6, 6.07) is 7.26. The van der Waals surface area contributed by atoms with Crippen molar-refractivity contribution in [3.8, 4) is 0 Å². The Morgan fingerprint density at radius 1 is 1.24 bits per heavy atom. The number of nitrogens with one attached hydrogen (secondary N) is 2. The van der Waals surface area contributed by atoms with Crippen molar-refractivity contribution in [2.45, 2.75) is 39.7 Å². The summed E-state index contributed by atoms with van der Waals surface area (Å²) in [6.07, 6.45) is 1.95. The summed E-state index contributed by atoms with van der Waals surface area (Å²) in [7, 11) is 0. The molecule has 1 aliphatic heterocycles. The van der Waals surface area contributed by atoms with Gasteiger partial charge in [0.2, 0.25) is 0 Å². The van der Waals surface area contributed by atoms with E-state index in [0.29, 0.717) is 30.0 Å². The lowest BCUT2D eigenvalue weighted by Crippen LogP contribution is -2.30. The fourth-order valence-electron chi connectivity index (χ4n) is 3.56. The van der Waals surface area contributed by atoms with Gasteiger partial charge in [0.25, 0.3) is 11.8 Å². The Kier molecular flexibility index (Phi) is 8.16. The van der Waals surface area contributed by atoms with Crippen molar-refractivity contribution in [1.82, 2.24) is 25.2 Å². The highest BCUT2D eigenvalue weighted by atomic mass is 35.5. The zero-order chi connectivity index (χ0) is 20.1. The number of carbonyl (C=O) groups is 2. The van der Waals surface area contributed by atoms with E-state index < -0.39 is 0 Å². The van der Waals surface area contributed by atoms with Crippen LogP contribution < -0.4 is 10.6 Å². The van der Waals surface area contributed by atoms with Crippen LogP contribution in [-0.4, -0.2) is 57.9 Å². The molecule has 0 unspecified atom stereocenters. The first-order chi connectivity index (χ1) is 13.5. The Bertz CT molecular complexity index is 843. The minimum absolute atomic E-state index is 0. The van der Waals surface area contributed by atoms with Crippen molar-refractivity contribution >= 4 is 29.9 Å². The van der Waals surface area contributed by atoms with Gasteiger partial charge in [-0.3, -0.25) is 9.59 Å². The third-order valence-corrected chi connectivity index (χ3v) is 5.22. The largest absolute Gasteiger partial charge is 0.339 e. The Balaban J connectivity index is 0.00000300. The average molecular weight is 421 g/mol. The first-order valence-corrected chi connectivity index (χ1v) is 9.88. The summed E-state index contributed by atoms with van der Waals surface area (Å²) in [5.41, 5.74) is 2.20. The highest BCUT2D eigenvalue weighted by Crippen LogP contribution is 2.21. The van der Waals surface area contributed by atoms with Gasteiger partial charge in [0.1, 0.15) is 0 Å². The van der Waals surface area contributed by atoms with Crippen LogP contribution >= 0.6 is 12.4 Å². The van der Waals surface area contributed by atoms with Gasteiger partial charge in [-0.1, -0.05) is 11.3 Å². The predicted molar refractivity (Wildman–Crippen MR) is 115 cm³/mol. The van der Waals surface area contributed by atoms with Gasteiger partial charge in [-0.2, -0.15) is 0 Å². The number of aromatic nitrogens is 3. The van der Waals surface area contributed by atoms with Crippen LogP contribution in [-0.2, 0) is 0 Å². The lowest BCUT2D eigenvalue weighted by atomic mass is 10.1. The predicted octanol–water partition coefficient (Wildman–Crippen LogP) is 2.67. The molecule has 0 spiro atoms. The number of anilines is 1. The van der Waals surface area contributed by atoms with Crippen LogP contribution in [0.2, 0.25) is 0 Å². The third-order valence-electron chi connectivity index (χ3n) is 5.22. The van der Waals surface area contributed by atoms with Crippen LogP contribution in [0, 0.1) is 6.92 Å². The van der Waals surface area contributed by atoms with E-state index in [4.69, 9.17) is 0 Å². The number of benzene rings is 1. The minimum Gasteiger partial charge on any atom is -0.339 e. The Morgan fingerprint density at radius 2 is 1.93 bits per heavy atom. The number of hydrogen-bond donors (Lipinski definition) is 2. The van der Waals surface area contributed by atoms with Gasteiger partial charge in [0, 0.05) is 24.3 Å². The summed E-state index contributed by atoms with van der Waals surface area (Å²) in [5, 5.41) is 14.5. The van der Waals surface area contributed by atoms with Crippen molar-refractivity contribution in [2.24, 2.45) is 0 Å². The third kappa shape index (κ3) is 5.13. The molecule has 0 aliphatic carbocycles. The monoisotopic (exact) mass is 420 g/mol. The van der Waals surface area contributed by atoms with E-state index in [1.807, 2.05) is 25.5 Å². The van der Waals surface area contributed by atoms with Gasteiger partial charge in [-0.05, 0) is 64.9 Å². The van der Waals surface area contributed by atoms with E-state index in [0.717, 1.165) is 31.6 Å². The molecule has 0 bridgehead atoms. The number of amides is 2. The van der Waals surface area contributed by atoms with Crippen LogP contribution in [0.5, 0.6) is 0 Å². The molecule has 1 saturated heterocycles. The van der Waals surface area contributed by atoms with Crippen LogP contribution in [0.1, 0.15) is 59.3 Å². The van der Waals surface area contributed by atoms with E-state index in [-0.39, 0.29) is 30.3 Å². The van der Waals surface area contributed by atoms with Crippen molar-refractivity contribution in [2.75, 3.05) is 31.5 Å². The molecule has 29 heavy (non-hydrogen) atoms. The first-order valence-electron chi connectivity index (χ1n) is 9.88. The number of halogens is 1. The maximum Gasteiger partial charge on any atom is 0.278 e. The maximum atomic E-state index is 12.7. The van der Waals surface area contributed by atoms with Gasteiger partial charge in [0.05, 0.1) is 11.7 Å². The molecular formula is C20H29ClN6O2. The summed E-state index contributed by atoms with van der Waals surface area (Å²) in [4.78, 5) is 27.0. The van der Waals surface area contributed by atoms with Crippen molar-refractivity contribution in [3.63, 3.8) is 0 Å². The zero-order valence-corrected chi connectivity index (χ0v) is 18.0.